The zero-order valence-corrected chi connectivity index (χ0v) is 15.8. The summed E-state index contributed by atoms with van der Waals surface area (Å²) in [6.45, 7) is 2.61. The molecule has 0 spiro atoms. The van der Waals surface area contributed by atoms with Gasteiger partial charge in [-0.1, -0.05) is 72.3 Å². The van der Waals surface area contributed by atoms with E-state index in [0.717, 1.165) is 17.1 Å². The fraction of sp³-hybridized carbons (Fsp3) is 0.174. The van der Waals surface area contributed by atoms with E-state index in [1.807, 2.05) is 54.2 Å². The fourth-order valence-corrected chi connectivity index (χ4v) is 3.56. The molecule has 0 aromatic heterocycles. The molecule has 0 fully saturated rings. The topological polar surface area (TPSA) is 29.1 Å². The minimum Gasteiger partial charge on any atom is -0.348 e. The van der Waals surface area contributed by atoms with E-state index in [4.69, 9.17) is 0 Å². The van der Waals surface area contributed by atoms with Crippen molar-refractivity contribution in [1.82, 2.24) is 5.32 Å². The van der Waals surface area contributed by atoms with Crippen LogP contribution in [-0.2, 0) is 18.1 Å². The number of carbonyl (C=O) groups excluding carboxylic acids is 1. The molecule has 0 atom stereocenters. The van der Waals surface area contributed by atoms with Crippen LogP contribution in [0, 0.1) is 6.92 Å². The summed E-state index contributed by atoms with van der Waals surface area (Å²) in [4.78, 5) is 12.3. The highest BCUT2D eigenvalue weighted by atomic mass is 32.2. The maximum absolute atomic E-state index is 12.3. The van der Waals surface area contributed by atoms with Crippen molar-refractivity contribution in [1.29, 1.82) is 0 Å². The SMILES string of the molecule is Cc1ccc(CNC(=O)c2ccc(CSCc3ccccc3)cc2)cc1. The van der Waals surface area contributed by atoms with Gasteiger partial charge in [-0.3, -0.25) is 4.79 Å². The van der Waals surface area contributed by atoms with E-state index < -0.39 is 0 Å². The Morgan fingerprint density at radius 3 is 2.00 bits per heavy atom. The van der Waals surface area contributed by atoms with Crippen LogP contribution in [0.3, 0.4) is 0 Å². The monoisotopic (exact) mass is 361 g/mol. The predicted molar refractivity (Wildman–Crippen MR) is 110 cm³/mol. The average Bonchev–Trinajstić information content (AvgIpc) is 2.69. The van der Waals surface area contributed by atoms with Crippen LogP contribution < -0.4 is 5.32 Å². The van der Waals surface area contributed by atoms with Gasteiger partial charge in [-0.2, -0.15) is 11.8 Å². The molecule has 132 valence electrons. The molecule has 3 aromatic rings. The number of hydrogen-bond donors (Lipinski definition) is 1. The highest BCUT2D eigenvalue weighted by Gasteiger charge is 2.05. The third-order valence-electron chi connectivity index (χ3n) is 4.17. The Balaban J connectivity index is 1.47. The first-order chi connectivity index (χ1) is 12.7. The predicted octanol–water partition coefficient (Wildman–Crippen LogP) is 5.36. The van der Waals surface area contributed by atoms with Gasteiger partial charge in [0.2, 0.25) is 0 Å². The van der Waals surface area contributed by atoms with Crippen molar-refractivity contribution < 1.29 is 4.79 Å². The van der Waals surface area contributed by atoms with Crippen molar-refractivity contribution in [2.24, 2.45) is 0 Å². The van der Waals surface area contributed by atoms with Gasteiger partial charge in [-0.15, -0.1) is 0 Å². The zero-order valence-electron chi connectivity index (χ0n) is 14.9. The summed E-state index contributed by atoms with van der Waals surface area (Å²) in [5.74, 6) is 1.91. The molecule has 1 amide bonds. The van der Waals surface area contributed by atoms with Crippen molar-refractivity contribution >= 4 is 17.7 Å². The van der Waals surface area contributed by atoms with Gasteiger partial charge in [0.25, 0.3) is 5.91 Å². The minimum absolute atomic E-state index is 0.0333. The molecule has 0 aliphatic heterocycles. The quantitative estimate of drug-likeness (QED) is 0.614. The summed E-state index contributed by atoms with van der Waals surface area (Å²) in [7, 11) is 0. The van der Waals surface area contributed by atoms with Crippen LogP contribution in [0.2, 0.25) is 0 Å². The number of amides is 1. The van der Waals surface area contributed by atoms with Gasteiger partial charge >= 0.3 is 0 Å². The van der Waals surface area contributed by atoms with Gasteiger partial charge in [0.05, 0.1) is 0 Å². The molecule has 0 bridgehead atoms. The Morgan fingerprint density at radius 1 is 0.769 bits per heavy atom. The molecule has 0 saturated heterocycles. The molecule has 0 aliphatic carbocycles. The lowest BCUT2D eigenvalue weighted by molar-refractivity contribution is 0.0951. The van der Waals surface area contributed by atoms with E-state index >= 15 is 0 Å². The zero-order chi connectivity index (χ0) is 18.2. The van der Waals surface area contributed by atoms with E-state index in [1.54, 1.807) is 0 Å². The Morgan fingerprint density at radius 2 is 1.35 bits per heavy atom. The summed E-state index contributed by atoms with van der Waals surface area (Å²) in [5, 5.41) is 2.97. The molecule has 3 rings (SSSR count). The molecule has 3 aromatic carbocycles. The van der Waals surface area contributed by atoms with Crippen LogP contribution in [0.15, 0.2) is 78.9 Å². The number of thioether (sulfide) groups is 1. The molecule has 3 heteroatoms. The summed E-state index contributed by atoms with van der Waals surface area (Å²) in [6.07, 6.45) is 0. The Bertz CT molecular complexity index is 826. The Labute approximate surface area is 159 Å². The van der Waals surface area contributed by atoms with Crippen molar-refractivity contribution in [2.45, 2.75) is 25.0 Å². The molecule has 0 aliphatic rings. The van der Waals surface area contributed by atoms with Crippen molar-refractivity contribution in [3.05, 3.63) is 107 Å². The highest BCUT2D eigenvalue weighted by molar-refractivity contribution is 7.97. The van der Waals surface area contributed by atoms with Crippen LogP contribution in [0.25, 0.3) is 0 Å². The second kappa shape index (κ2) is 9.25. The van der Waals surface area contributed by atoms with Crippen LogP contribution in [0.4, 0.5) is 0 Å². The lowest BCUT2D eigenvalue weighted by Crippen LogP contribution is -2.22. The van der Waals surface area contributed by atoms with Gasteiger partial charge in [0.1, 0.15) is 0 Å². The first-order valence-electron chi connectivity index (χ1n) is 8.75. The van der Waals surface area contributed by atoms with Gasteiger partial charge in [-0.05, 0) is 35.7 Å². The summed E-state index contributed by atoms with van der Waals surface area (Å²) in [6, 6.07) is 26.6. The van der Waals surface area contributed by atoms with Crippen molar-refractivity contribution in [2.75, 3.05) is 0 Å². The van der Waals surface area contributed by atoms with Crippen LogP contribution in [-0.4, -0.2) is 5.91 Å². The van der Waals surface area contributed by atoms with Gasteiger partial charge in [-0.25, -0.2) is 0 Å². The molecule has 0 radical (unpaired) electrons. The number of nitrogens with one attached hydrogen (secondary N) is 1. The number of rotatable bonds is 7. The molecular formula is C23H23NOS. The number of hydrogen-bond acceptors (Lipinski definition) is 2. The van der Waals surface area contributed by atoms with Crippen molar-refractivity contribution in [3.63, 3.8) is 0 Å². The molecular weight excluding hydrogens is 338 g/mol. The fourth-order valence-electron chi connectivity index (χ4n) is 2.60. The van der Waals surface area contributed by atoms with Gasteiger partial charge in [0.15, 0.2) is 0 Å². The Hall–Kier alpha value is -2.52. The first-order valence-corrected chi connectivity index (χ1v) is 9.90. The molecule has 26 heavy (non-hydrogen) atoms. The van der Waals surface area contributed by atoms with E-state index in [1.165, 1.54) is 16.7 Å². The smallest absolute Gasteiger partial charge is 0.251 e. The summed E-state index contributed by atoms with van der Waals surface area (Å²) < 4.78 is 0. The maximum atomic E-state index is 12.3. The first kappa shape index (κ1) is 18.3. The second-order valence-electron chi connectivity index (χ2n) is 6.34. The highest BCUT2D eigenvalue weighted by Crippen LogP contribution is 2.18. The lowest BCUT2D eigenvalue weighted by atomic mass is 10.1. The standard InChI is InChI=1S/C23H23NOS/c1-18-7-9-19(10-8-18)15-24-23(25)22-13-11-21(12-14-22)17-26-16-20-5-3-2-4-6-20/h2-14H,15-17H2,1H3,(H,24,25). The normalized spacial score (nSPS) is 10.5. The van der Waals surface area contributed by atoms with Gasteiger partial charge < -0.3 is 5.32 Å². The third kappa shape index (κ3) is 5.50. The summed E-state index contributed by atoms with van der Waals surface area (Å²) >= 11 is 1.88. The molecule has 0 saturated carbocycles. The van der Waals surface area contributed by atoms with Crippen LogP contribution in [0.5, 0.6) is 0 Å². The van der Waals surface area contributed by atoms with E-state index in [-0.39, 0.29) is 5.91 Å². The van der Waals surface area contributed by atoms with Crippen molar-refractivity contribution in [3.8, 4) is 0 Å². The molecule has 1 N–H and O–H groups in total. The number of carbonyl (C=O) groups is 1. The van der Waals surface area contributed by atoms with Crippen LogP contribution in [0.1, 0.15) is 32.6 Å². The lowest BCUT2D eigenvalue weighted by Gasteiger charge is -2.07. The molecule has 0 unspecified atom stereocenters. The number of aryl methyl sites for hydroxylation is 1. The van der Waals surface area contributed by atoms with Gasteiger partial charge in [0, 0.05) is 23.6 Å². The average molecular weight is 362 g/mol. The molecule has 2 nitrogen and oxygen atoms in total. The second-order valence-corrected chi connectivity index (χ2v) is 7.33. The summed E-state index contributed by atoms with van der Waals surface area (Å²) in [5.41, 5.74) is 5.61. The maximum Gasteiger partial charge on any atom is 0.251 e. The Kier molecular flexibility index (Phi) is 6.50. The van der Waals surface area contributed by atoms with E-state index in [2.05, 4.69) is 48.6 Å². The number of benzene rings is 3. The van der Waals surface area contributed by atoms with E-state index in [0.29, 0.717) is 12.1 Å². The molecule has 0 heterocycles. The third-order valence-corrected chi connectivity index (χ3v) is 5.24. The largest absolute Gasteiger partial charge is 0.348 e. The van der Waals surface area contributed by atoms with E-state index in [9.17, 15) is 4.79 Å². The minimum atomic E-state index is -0.0333. The van der Waals surface area contributed by atoms with Crippen LogP contribution >= 0.6 is 11.8 Å².